The zero-order chi connectivity index (χ0) is 8.43. The Bertz CT molecular complexity index is 204. The molecule has 0 aliphatic heterocycles. The molecule has 0 aromatic carbocycles. The Morgan fingerprint density at radius 2 is 2.18 bits per heavy atom. The van der Waals surface area contributed by atoms with E-state index in [1.807, 2.05) is 6.92 Å². The van der Waals surface area contributed by atoms with Gasteiger partial charge in [0.25, 0.3) is 0 Å². The van der Waals surface area contributed by atoms with E-state index >= 15 is 0 Å². The maximum Gasteiger partial charge on any atom is 0.197 e. The third kappa shape index (κ3) is 1.44. The van der Waals surface area contributed by atoms with Crippen molar-refractivity contribution in [3.63, 3.8) is 0 Å². The summed E-state index contributed by atoms with van der Waals surface area (Å²) >= 11 is 0. The highest BCUT2D eigenvalue weighted by molar-refractivity contribution is 5.96. The third-order valence-corrected chi connectivity index (χ3v) is 2.40. The van der Waals surface area contributed by atoms with E-state index in [1.54, 1.807) is 0 Å². The first kappa shape index (κ1) is 8.31. The van der Waals surface area contributed by atoms with Gasteiger partial charge in [0.1, 0.15) is 0 Å². The van der Waals surface area contributed by atoms with E-state index in [1.165, 1.54) is 0 Å². The van der Waals surface area contributed by atoms with E-state index in [0.717, 1.165) is 18.4 Å². The first-order valence-corrected chi connectivity index (χ1v) is 4.12. The molecule has 2 heteroatoms. The van der Waals surface area contributed by atoms with Crippen LogP contribution < -0.4 is 0 Å². The fourth-order valence-corrected chi connectivity index (χ4v) is 1.39. The number of carbonyl (C=O) groups is 1. The van der Waals surface area contributed by atoms with Gasteiger partial charge in [-0.15, -0.1) is 0 Å². The van der Waals surface area contributed by atoms with Crippen molar-refractivity contribution in [2.24, 2.45) is 5.92 Å². The van der Waals surface area contributed by atoms with Crippen LogP contribution in [0.25, 0.3) is 0 Å². The summed E-state index contributed by atoms with van der Waals surface area (Å²) in [5, 5.41) is 9.29. The molecule has 0 bridgehead atoms. The van der Waals surface area contributed by atoms with Crippen LogP contribution in [0, 0.1) is 5.92 Å². The minimum absolute atomic E-state index is 0.0411. The molecule has 1 rings (SSSR count). The largest absolute Gasteiger partial charge is 0.504 e. The Kier molecular flexibility index (Phi) is 2.32. The molecule has 0 fully saturated rings. The second kappa shape index (κ2) is 3.07. The third-order valence-electron chi connectivity index (χ3n) is 2.40. The molecule has 0 heterocycles. The molecule has 1 atom stereocenters. The van der Waals surface area contributed by atoms with Gasteiger partial charge in [0.2, 0.25) is 0 Å². The molecule has 1 aliphatic rings. The summed E-state index contributed by atoms with van der Waals surface area (Å²) < 4.78 is 0. The van der Waals surface area contributed by atoms with Crippen LogP contribution in [-0.2, 0) is 4.79 Å². The average Bonchev–Trinajstić information content (AvgIpc) is 2.32. The van der Waals surface area contributed by atoms with E-state index in [-0.39, 0.29) is 11.5 Å². The van der Waals surface area contributed by atoms with Crippen LogP contribution in [0.3, 0.4) is 0 Å². The number of aliphatic hydroxyl groups excluding tert-OH is 1. The maximum atomic E-state index is 10.9. The molecule has 0 saturated carbocycles. The molecular formula is C9H14O2. The van der Waals surface area contributed by atoms with Crippen LogP contribution in [-0.4, -0.2) is 10.9 Å². The molecule has 2 nitrogen and oxygen atoms in total. The van der Waals surface area contributed by atoms with E-state index < -0.39 is 0 Å². The predicted octanol–water partition coefficient (Wildman–Crippen LogP) is 2.21. The van der Waals surface area contributed by atoms with Crippen LogP contribution in [0.1, 0.15) is 33.1 Å². The number of hydrogen-bond acceptors (Lipinski definition) is 2. The van der Waals surface area contributed by atoms with Crippen molar-refractivity contribution >= 4 is 5.78 Å². The molecule has 11 heavy (non-hydrogen) atoms. The molecule has 0 aromatic heterocycles. The van der Waals surface area contributed by atoms with Gasteiger partial charge in [-0.2, -0.15) is 0 Å². The standard InChI is InChI=1S/C9H14O2/c1-3-6(2)7-4-5-8(10)9(7)11/h6,11H,3-5H2,1-2H3. The normalized spacial score (nSPS) is 21.1. The monoisotopic (exact) mass is 154 g/mol. The lowest BCUT2D eigenvalue weighted by Crippen LogP contribution is -1.99. The lowest BCUT2D eigenvalue weighted by Gasteiger charge is -2.08. The molecular weight excluding hydrogens is 140 g/mol. The molecule has 0 amide bonds. The lowest BCUT2D eigenvalue weighted by atomic mass is 9.98. The van der Waals surface area contributed by atoms with Gasteiger partial charge in [-0.1, -0.05) is 13.8 Å². The number of carbonyl (C=O) groups excluding carboxylic acids is 1. The summed E-state index contributed by atoms with van der Waals surface area (Å²) in [6.07, 6.45) is 2.26. The van der Waals surface area contributed by atoms with Crippen molar-refractivity contribution in [2.45, 2.75) is 33.1 Å². The quantitative estimate of drug-likeness (QED) is 0.662. The Morgan fingerprint density at radius 1 is 1.55 bits per heavy atom. The number of rotatable bonds is 2. The molecule has 0 aromatic rings. The minimum atomic E-state index is -0.0831. The Balaban J connectivity index is 2.79. The molecule has 0 spiro atoms. The molecule has 1 N–H and O–H groups in total. The van der Waals surface area contributed by atoms with Crippen LogP contribution in [0.2, 0.25) is 0 Å². The number of ketones is 1. The Labute approximate surface area is 66.9 Å². The van der Waals surface area contributed by atoms with Crippen LogP contribution >= 0.6 is 0 Å². The number of aliphatic hydroxyl groups is 1. The van der Waals surface area contributed by atoms with Gasteiger partial charge in [-0.3, -0.25) is 4.79 Å². The summed E-state index contributed by atoms with van der Waals surface area (Å²) in [7, 11) is 0. The zero-order valence-corrected chi connectivity index (χ0v) is 7.05. The average molecular weight is 154 g/mol. The van der Waals surface area contributed by atoms with Crippen molar-refractivity contribution < 1.29 is 9.90 Å². The summed E-state index contributed by atoms with van der Waals surface area (Å²) in [4.78, 5) is 10.9. The fourth-order valence-electron chi connectivity index (χ4n) is 1.39. The topological polar surface area (TPSA) is 37.3 Å². The van der Waals surface area contributed by atoms with Gasteiger partial charge in [0, 0.05) is 6.42 Å². The number of allylic oxidation sites excluding steroid dienone is 2. The van der Waals surface area contributed by atoms with Gasteiger partial charge in [0.15, 0.2) is 11.5 Å². The highest BCUT2D eigenvalue weighted by Crippen LogP contribution is 2.28. The van der Waals surface area contributed by atoms with E-state index in [9.17, 15) is 9.90 Å². The van der Waals surface area contributed by atoms with Crippen LogP contribution in [0.4, 0.5) is 0 Å². The van der Waals surface area contributed by atoms with Crippen LogP contribution in [0.5, 0.6) is 0 Å². The number of hydrogen-bond donors (Lipinski definition) is 1. The molecule has 62 valence electrons. The van der Waals surface area contributed by atoms with Crippen molar-refractivity contribution in [1.29, 1.82) is 0 Å². The first-order chi connectivity index (χ1) is 5.16. The van der Waals surface area contributed by atoms with E-state index in [4.69, 9.17) is 0 Å². The number of Topliss-reactive ketones (excluding diaryl/α,β-unsaturated/α-hetero) is 1. The summed E-state index contributed by atoms with van der Waals surface area (Å²) in [5.74, 6) is 0.320. The summed E-state index contributed by atoms with van der Waals surface area (Å²) in [5.41, 5.74) is 0.956. The molecule has 0 radical (unpaired) electrons. The second-order valence-electron chi connectivity index (χ2n) is 3.11. The van der Waals surface area contributed by atoms with Crippen molar-refractivity contribution in [3.8, 4) is 0 Å². The Hall–Kier alpha value is -0.790. The van der Waals surface area contributed by atoms with Crippen molar-refractivity contribution in [2.75, 3.05) is 0 Å². The highest BCUT2D eigenvalue weighted by atomic mass is 16.3. The summed E-state index contributed by atoms with van der Waals surface area (Å²) in [6, 6.07) is 0. The van der Waals surface area contributed by atoms with Crippen LogP contribution in [0.15, 0.2) is 11.3 Å². The van der Waals surface area contributed by atoms with Gasteiger partial charge < -0.3 is 5.11 Å². The smallest absolute Gasteiger partial charge is 0.197 e. The minimum Gasteiger partial charge on any atom is -0.504 e. The molecule has 1 unspecified atom stereocenters. The van der Waals surface area contributed by atoms with Crippen molar-refractivity contribution in [1.82, 2.24) is 0 Å². The van der Waals surface area contributed by atoms with E-state index in [2.05, 4.69) is 6.92 Å². The van der Waals surface area contributed by atoms with Gasteiger partial charge in [0.05, 0.1) is 0 Å². The molecule has 1 aliphatic carbocycles. The summed E-state index contributed by atoms with van der Waals surface area (Å²) in [6.45, 7) is 4.11. The SMILES string of the molecule is CCC(C)C1=C(O)C(=O)CC1. The lowest BCUT2D eigenvalue weighted by molar-refractivity contribution is -0.117. The second-order valence-corrected chi connectivity index (χ2v) is 3.11. The van der Waals surface area contributed by atoms with Gasteiger partial charge >= 0.3 is 0 Å². The predicted molar refractivity (Wildman–Crippen MR) is 43.4 cm³/mol. The van der Waals surface area contributed by atoms with Crippen molar-refractivity contribution in [3.05, 3.63) is 11.3 Å². The highest BCUT2D eigenvalue weighted by Gasteiger charge is 2.24. The zero-order valence-electron chi connectivity index (χ0n) is 7.05. The van der Waals surface area contributed by atoms with Gasteiger partial charge in [-0.05, 0) is 24.3 Å². The van der Waals surface area contributed by atoms with E-state index in [0.29, 0.717) is 12.3 Å². The molecule has 0 saturated heterocycles. The Morgan fingerprint density at radius 3 is 2.55 bits per heavy atom. The maximum absolute atomic E-state index is 10.9. The fraction of sp³-hybridized carbons (Fsp3) is 0.667. The van der Waals surface area contributed by atoms with Gasteiger partial charge in [-0.25, -0.2) is 0 Å². The first-order valence-electron chi connectivity index (χ1n) is 4.12.